The zero-order valence-corrected chi connectivity index (χ0v) is 13.3. The third-order valence-corrected chi connectivity index (χ3v) is 4.88. The van der Waals surface area contributed by atoms with Gasteiger partial charge in [-0.3, -0.25) is 0 Å². The Balaban J connectivity index is 1.69. The number of amides is 2. The second-order valence-electron chi connectivity index (χ2n) is 6.55. The van der Waals surface area contributed by atoms with Gasteiger partial charge in [0.1, 0.15) is 5.82 Å². The third kappa shape index (κ3) is 2.76. The first-order chi connectivity index (χ1) is 11.6. The van der Waals surface area contributed by atoms with Crippen molar-refractivity contribution in [1.29, 1.82) is 0 Å². The molecule has 1 aliphatic carbocycles. The molecule has 5 heteroatoms. The summed E-state index contributed by atoms with van der Waals surface area (Å²) in [6, 6.07) is 14.4. The molecule has 3 atom stereocenters. The van der Waals surface area contributed by atoms with E-state index in [1.165, 1.54) is 17.7 Å². The highest BCUT2D eigenvalue weighted by Gasteiger charge is 2.38. The fourth-order valence-corrected chi connectivity index (χ4v) is 3.41. The monoisotopic (exact) mass is 325 g/mol. The number of hydrogen-bond donors (Lipinski definition) is 2. The molecule has 1 saturated carbocycles. The van der Waals surface area contributed by atoms with Crippen molar-refractivity contribution in [2.75, 3.05) is 6.54 Å². The van der Waals surface area contributed by atoms with Crippen molar-refractivity contribution in [1.82, 2.24) is 10.2 Å². The quantitative estimate of drug-likeness (QED) is 0.891. The molecule has 0 radical (unpaired) electrons. The van der Waals surface area contributed by atoms with E-state index < -0.39 is 0 Å². The molecule has 3 N–H and O–H groups in total. The van der Waals surface area contributed by atoms with Gasteiger partial charge in [0, 0.05) is 18.6 Å². The second kappa shape index (κ2) is 5.91. The summed E-state index contributed by atoms with van der Waals surface area (Å²) in [5.41, 5.74) is 9.06. The van der Waals surface area contributed by atoms with Crippen LogP contribution in [0.1, 0.15) is 29.2 Å². The maximum absolute atomic E-state index is 13.3. The van der Waals surface area contributed by atoms with Crippen LogP contribution in [-0.2, 0) is 6.42 Å². The van der Waals surface area contributed by atoms with Crippen LogP contribution in [0.3, 0.4) is 0 Å². The maximum atomic E-state index is 13.3. The molecule has 2 amide bonds. The van der Waals surface area contributed by atoms with E-state index in [1.807, 2.05) is 23.1 Å². The van der Waals surface area contributed by atoms with E-state index in [4.69, 9.17) is 5.73 Å². The Morgan fingerprint density at radius 2 is 1.88 bits per heavy atom. The summed E-state index contributed by atoms with van der Waals surface area (Å²) in [7, 11) is 0. The Morgan fingerprint density at radius 1 is 1.17 bits per heavy atom. The minimum absolute atomic E-state index is 0.0651. The lowest BCUT2D eigenvalue weighted by Gasteiger charge is -2.37. The van der Waals surface area contributed by atoms with Gasteiger partial charge < -0.3 is 16.0 Å². The lowest BCUT2D eigenvalue weighted by atomic mass is 9.88. The van der Waals surface area contributed by atoms with Gasteiger partial charge in [0.25, 0.3) is 0 Å². The molecule has 124 valence electrons. The van der Waals surface area contributed by atoms with Crippen molar-refractivity contribution < 1.29 is 9.18 Å². The molecule has 1 heterocycles. The number of rotatable bonds is 2. The molecule has 24 heavy (non-hydrogen) atoms. The SMILES string of the molecule is N[C@H]1C[C@H]1NC(=O)N1CCc2ccccc2[C@@H]1c1ccc(F)cc1. The molecule has 0 aromatic heterocycles. The number of nitrogens with one attached hydrogen (secondary N) is 1. The summed E-state index contributed by atoms with van der Waals surface area (Å²) < 4.78 is 13.3. The molecule has 2 aliphatic rings. The van der Waals surface area contributed by atoms with Crippen molar-refractivity contribution in [2.24, 2.45) is 5.73 Å². The summed E-state index contributed by atoms with van der Waals surface area (Å²) in [4.78, 5) is 14.6. The molecule has 1 aliphatic heterocycles. The molecule has 4 nitrogen and oxygen atoms in total. The molecule has 0 saturated heterocycles. The van der Waals surface area contributed by atoms with E-state index in [1.54, 1.807) is 12.1 Å². The standard InChI is InChI=1S/C19H20FN3O/c20-14-7-5-13(6-8-14)18-15-4-2-1-3-12(15)9-10-23(18)19(24)22-17-11-16(17)21/h1-8,16-18H,9-11,21H2,(H,22,24)/t16-,17+,18-/m0/s1. The Labute approximate surface area is 140 Å². The number of nitrogens with two attached hydrogens (primary N) is 1. The maximum Gasteiger partial charge on any atom is 0.318 e. The number of halogens is 1. The van der Waals surface area contributed by atoms with Gasteiger partial charge in [-0.05, 0) is 41.7 Å². The number of nitrogens with zero attached hydrogens (tertiary/aromatic N) is 1. The highest BCUT2D eigenvalue weighted by molar-refractivity contribution is 5.77. The summed E-state index contributed by atoms with van der Waals surface area (Å²) in [6.45, 7) is 0.632. The van der Waals surface area contributed by atoms with Crippen molar-refractivity contribution in [2.45, 2.75) is 31.0 Å². The van der Waals surface area contributed by atoms with Crippen LogP contribution < -0.4 is 11.1 Å². The van der Waals surface area contributed by atoms with Crippen LogP contribution in [0.15, 0.2) is 48.5 Å². The van der Waals surface area contributed by atoms with Crippen LogP contribution >= 0.6 is 0 Å². The van der Waals surface area contributed by atoms with Crippen molar-refractivity contribution >= 4 is 6.03 Å². The lowest BCUT2D eigenvalue weighted by Crippen LogP contribution is -2.47. The topological polar surface area (TPSA) is 58.4 Å². The van der Waals surface area contributed by atoms with Gasteiger partial charge in [0.15, 0.2) is 0 Å². The fourth-order valence-electron chi connectivity index (χ4n) is 3.41. The van der Waals surface area contributed by atoms with Gasteiger partial charge >= 0.3 is 6.03 Å². The normalized spacial score (nSPS) is 25.1. The van der Waals surface area contributed by atoms with Crippen LogP contribution in [-0.4, -0.2) is 29.6 Å². The highest BCUT2D eigenvalue weighted by atomic mass is 19.1. The van der Waals surface area contributed by atoms with Gasteiger partial charge in [-0.1, -0.05) is 36.4 Å². The van der Waals surface area contributed by atoms with Crippen LogP contribution in [0, 0.1) is 5.82 Å². The predicted octanol–water partition coefficient (Wildman–Crippen LogP) is 2.58. The number of urea groups is 1. The molecular weight excluding hydrogens is 305 g/mol. The van der Waals surface area contributed by atoms with Crippen LogP contribution in [0.25, 0.3) is 0 Å². The van der Waals surface area contributed by atoms with Crippen LogP contribution in [0.4, 0.5) is 9.18 Å². The van der Waals surface area contributed by atoms with E-state index in [-0.39, 0.29) is 30.0 Å². The summed E-state index contributed by atoms with van der Waals surface area (Å²) >= 11 is 0. The number of carbonyl (C=O) groups is 1. The minimum atomic E-state index is -0.275. The number of hydrogen-bond acceptors (Lipinski definition) is 2. The Bertz CT molecular complexity index is 761. The highest BCUT2D eigenvalue weighted by Crippen LogP contribution is 2.35. The Morgan fingerprint density at radius 3 is 2.58 bits per heavy atom. The molecule has 0 bridgehead atoms. The molecule has 0 spiro atoms. The van der Waals surface area contributed by atoms with E-state index in [0.29, 0.717) is 6.54 Å². The summed E-state index contributed by atoms with van der Waals surface area (Å²) in [5.74, 6) is -0.275. The first kappa shape index (κ1) is 15.1. The fraction of sp³-hybridized carbons (Fsp3) is 0.316. The zero-order chi connectivity index (χ0) is 16.7. The second-order valence-corrected chi connectivity index (χ2v) is 6.55. The molecule has 2 aromatic carbocycles. The van der Waals surface area contributed by atoms with E-state index >= 15 is 0 Å². The molecule has 0 unspecified atom stereocenters. The first-order valence-corrected chi connectivity index (χ1v) is 8.29. The van der Waals surface area contributed by atoms with E-state index in [9.17, 15) is 9.18 Å². The molecule has 4 rings (SSSR count). The number of fused-ring (bicyclic) bond motifs is 1. The number of carbonyl (C=O) groups excluding carboxylic acids is 1. The van der Waals surface area contributed by atoms with Crippen LogP contribution in [0.2, 0.25) is 0 Å². The van der Waals surface area contributed by atoms with Gasteiger partial charge in [-0.2, -0.15) is 0 Å². The van der Waals surface area contributed by atoms with E-state index in [0.717, 1.165) is 24.0 Å². The van der Waals surface area contributed by atoms with Gasteiger partial charge in [0.05, 0.1) is 6.04 Å². The summed E-state index contributed by atoms with van der Waals surface area (Å²) in [5, 5.41) is 3.00. The van der Waals surface area contributed by atoms with Crippen LogP contribution in [0.5, 0.6) is 0 Å². The van der Waals surface area contributed by atoms with Gasteiger partial charge in [-0.15, -0.1) is 0 Å². The molecule has 2 aromatic rings. The summed E-state index contributed by atoms with van der Waals surface area (Å²) in [6.07, 6.45) is 1.65. The number of benzene rings is 2. The molecular formula is C19H20FN3O. The van der Waals surface area contributed by atoms with Gasteiger partial charge in [0.2, 0.25) is 0 Å². The molecule has 1 fully saturated rings. The predicted molar refractivity (Wildman–Crippen MR) is 90.0 cm³/mol. The average molecular weight is 325 g/mol. The average Bonchev–Trinajstić information content (AvgIpc) is 3.29. The zero-order valence-electron chi connectivity index (χ0n) is 13.3. The minimum Gasteiger partial charge on any atom is -0.334 e. The van der Waals surface area contributed by atoms with Crippen molar-refractivity contribution in [3.63, 3.8) is 0 Å². The van der Waals surface area contributed by atoms with Crippen molar-refractivity contribution in [3.05, 3.63) is 71.0 Å². The van der Waals surface area contributed by atoms with E-state index in [2.05, 4.69) is 11.4 Å². The smallest absolute Gasteiger partial charge is 0.318 e. The van der Waals surface area contributed by atoms with Crippen molar-refractivity contribution in [3.8, 4) is 0 Å². The Hall–Kier alpha value is -2.40. The lowest BCUT2D eigenvalue weighted by molar-refractivity contribution is 0.179. The first-order valence-electron chi connectivity index (χ1n) is 8.29. The van der Waals surface area contributed by atoms with Gasteiger partial charge in [-0.25, -0.2) is 9.18 Å². The Kier molecular flexibility index (Phi) is 3.73. The largest absolute Gasteiger partial charge is 0.334 e. The third-order valence-electron chi connectivity index (χ3n) is 4.88.